The molecule has 0 fully saturated rings. The Morgan fingerprint density at radius 2 is 1.40 bits per heavy atom. The molecular formula is C59H50N4. The summed E-state index contributed by atoms with van der Waals surface area (Å²) in [6, 6.07) is 62.6. The molecule has 0 radical (unpaired) electrons. The Morgan fingerprint density at radius 3 is 2.22 bits per heavy atom. The average Bonchev–Trinajstić information content (AvgIpc) is 3.88. The molecule has 4 heteroatoms. The van der Waals surface area contributed by atoms with Gasteiger partial charge in [-0.15, -0.1) is 0 Å². The Balaban J connectivity index is 0.931. The Kier molecular flexibility index (Phi) is 10.4. The molecule has 0 saturated carbocycles. The summed E-state index contributed by atoms with van der Waals surface area (Å²) in [6.45, 7) is 0. The third-order valence-corrected chi connectivity index (χ3v) is 13.2. The van der Waals surface area contributed by atoms with Crippen LogP contribution in [0.15, 0.2) is 223 Å². The van der Waals surface area contributed by atoms with E-state index in [2.05, 4.69) is 227 Å². The van der Waals surface area contributed by atoms with E-state index in [1.165, 1.54) is 77.8 Å². The molecule has 2 heterocycles. The molecule has 63 heavy (non-hydrogen) atoms. The summed E-state index contributed by atoms with van der Waals surface area (Å²) in [7, 11) is 2.01. The minimum absolute atomic E-state index is 0.135. The van der Waals surface area contributed by atoms with Gasteiger partial charge in [0.15, 0.2) is 0 Å². The highest BCUT2D eigenvalue weighted by Crippen LogP contribution is 2.52. The molecule has 1 N–H and O–H groups in total. The van der Waals surface area contributed by atoms with E-state index in [9.17, 15) is 0 Å². The van der Waals surface area contributed by atoms with E-state index in [1.807, 2.05) is 7.05 Å². The van der Waals surface area contributed by atoms with Gasteiger partial charge >= 0.3 is 0 Å². The predicted octanol–water partition coefficient (Wildman–Crippen LogP) is 14.4. The number of hydrogen-bond donors (Lipinski definition) is 1. The van der Waals surface area contributed by atoms with E-state index < -0.39 is 0 Å². The standard InChI is InChI=1S/C59H50N4/c1-60-59(61-54(43-19-7-3-8-20-43)37-31-41-17-5-2-6-18-41)44-34-32-42(33-35-44)45-36-38-57-53(40-45)51-26-12-13-29-55(51)62(57)48-24-15-21-46(39-48)49-27-16-28-52-50-25-11-14-30-56(50)63(58(49)52)47-22-9-4-10-23-47/h2-7,9-19,21-30,32-36,38-40,50,56,59-60H,8,20,31,37H2,1H3/b61-54+. The number of aliphatic imine (C=N–C) groups is 1. The number of anilines is 2. The lowest BCUT2D eigenvalue weighted by atomic mass is 9.90. The summed E-state index contributed by atoms with van der Waals surface area (Å²) in [5, 5.41) is 6.00. The van der Waals surface area contributed by atoms with Crippen LogP contribution in [0.4, 0.5) is 11.4 Å². The van der Waals surface area contributed by atoms with Crippen LogP contribution in [0, 0.1) is 0 Å². The molecule has 7 aromatic carbocycles. The van der Waals surface area contributed by atoms with Crippen molar-refractivity contribution in [3.63, 3.8) is 0 Å². The van der Waals surface area contributed by atoms with Crippen molar-refractivity contribution in [3.05, 3.63) is 235 Å². The second-order valence-electron chi connectivity index (χ2n) is 16.9. The van der Waals surface area contributed by atoms with Crippen LogP contribution >= 0.6 is 0 Å². The number of allylic oxidation sites excluding steroid dienone is 6. The van der Waals surface area contributed by atoms with Gasteiger partial charge in [0.2, 0.25) is 0 Å². The van der Waals surface area contributed by atoms with Gasteiger partial charge in [-0.3, -0.25) is 10.3 Å². The van der Waals surface area contributed by atoms with Gasteiger partial charge < -0.3 is 9.47 Å². The minimum Gasteiger partial charge on any atom is -0.333 e. The molecule has 3 aliphatic rings. The molecule has 0 amide bonds. The van der Waals surface area contributed by atoms with E-state index in [-0.39, 0.29) is 12.2 Å². The van der Waals surface area contributed by atoms with Crippen molar-refractivity contribution in [3.8, 4) is 27.9 Å². The quantitative estimate of drug-likeness (QED) is 0.132. The van der Waals surface area contributed by atoms with Gasteiger partial charge in [-0.1, -0.05) is 170 Å². The number of aromatic nitrogens is 1. The molecule has 4 nitrogen and oxygen atoms in total. The van der Waals surface area contributed by atoms with Gasteiger partial charge in [0.05, 0.1) is 22.8 Å². The number of benzene rings is 7. The number of aryl methyl sites for hydroxylation is 1. The zero-order valence-electron chi connectivity index (χ0n) is 35.6. The fourth-order valence-electron chi connectivity index (χ4n) is 10.1. The summed E-state index contributed by atoms with van der Waals surface area (Å²) < 4.78 is 2.44. The van der Waals surface area contributed by atoms with Crippen molar-refractivity contribution in [2.24, 2.45) is 4.99 Å². The number of hydrogen-bond acceptors (Lipinski definition) is 3. The maximum absolute atomic E-state index is 5.38. The van der Waals surface area contributed by atoms with Crippen molar-refractivity contribution >= 4 is 38.9 Å². The lowest BCUT2D eigenvalue weighted by molar-refractivity contribution is 0.622. The van der Waals surface area contributed by atoms with Crippen LogP contribution in [0.5, 0.6) is 0 Å². The lowest BCUT2D eigenvalue weighted by Gasteiger charge is -2.29. The molecule has 0 spiro atoms. The van der Waals surface area contributed by atoms with Gasteiger partial charge in [0.1, 0.15) is 6.17 Å². The largest absolute Gasteiger partial charge is 0.333 e. The van der Waals surface area contributed by atoms with E-state index in [0.29, 0.717) is 5.92 Å². The summed E-state index contributed by atoms with van der Waals surface area (Å²) in [5.41, 5.74) is 17.3. The van der Waals surface area contributed by atoms with E-state index in [4.69, 9.17) is 4.99 Å². The summed E-state index contributed by atoms with van der Waals surface area (Å²) in [4.78, 5) is 7.92. The number of rotatable bonds is 11. The Labute approximate surface area is 370 Å². The second kappa shape index (κ2) is 16.9. The first-order chi connectivity index (χ1) is 31.2. The molecule has 1 aliphatic heterocycles. The van der Waals surface area contributed by atoms with Crippen LogP contribution in [0.2, 0.25) is 0 Å². The van der Waals surface area contributed by atoms with Gasteiger partial charge in [-0.25, -0.2) is 0 Å². The molecule has 3 atom stereocenters. The molecule has 11 rings (SSSR count). The first kappa shape index (κ1) is 38.6. The first-order valence-electron chi connectivity index (χ1n) is 22.4. The van der Waals surface area contributed by atoms with Crippen LogP contribution < -0.4 is 10.2 Å². The highest BCUT2D eigenvalue weighted by molar-refractivity contribution is 6.10. The molecule has 3 unspecified atom stereocenters. The molecule has 0 saturated heterocycles. The smallest absolute Gasteiger partial charge is 0.125 e. The van der Waals surface area contributed by atoms with Gasteiger partial charge in [0.25, 0.3) is 0 Å². The van der Waals surface area contributed by atoms with Crippen LogP contribution in [0.3, 0.4) is 0 Å². The summed E-state index contributed by atoms with van der Waals surface area (Å²) >= 11 is 0. The number of nitrogens with zero attached hydrogens (tertiary/aromatic N) is 3. The monoisotopic (exact) mass is 814 g/mol. The first-order valence-corrected chi connectivity index (χ1v) is 22.4. The van der Waals surface area contributed by atoms with Crippen molar-refractivity contribution < 1.29 is 0 Å². The second-order valence-corrected chi connectivity index (χ2v) is 16.9. The summed E-state index contributed by atoms with van der Waals surface area (Å²) in [6.07, 6.45) is 19.6. The van der Waals surface area contributed by atoms with Crippen molar-refractivity contribution in [1.29, 1.82) is 0 Å². The molecule has 0 bridgehead atoms. The third-order valence-electron chi connectivity index (χ3n) is 13.2. The van der Waals surface area contributed by atoms with E-state index >= 15 is 0 Å². The van der Waals surface area contributed by atoms with E-state index in [1.54, 1.807) is 0 Å². The highest BCUT2D eigenvalue weighted by Gasteiger charge is 2.39. The molecule has 8 aromatic rings. The predicted molar refractivity (Wildman–Crippen MR) is 265 cm³/mol. The normalized spacial score (nSPS) is 17.3. The van der Waals surface area contributed by atoms with Crippen LogP contribution in [-0.2, 0) is 6.42 Å². The molecule has 306 valence electrons. The topological polar surface area (TPSA) is 32.6 Å². The van der Waals surface area contributed by atoms with E-state index in [0.717, 1.165) is 36.9 Å². The van der Waals surface area contributed by atoms with Crippen molar-refractivity contribution in [1.82, 2.24) is 9.88 Å². The molecule has 2 aliphatic carbocycles. The van der Waals surface area contributed by atoms with Crippen molar-refractivity contribution in [2.75, 3.05) is 11.9 Å². The lowest BCUT2D eigenvalue weighted by Crippen LogP contribution is -2.28. The van der Waals surface area contributed by atoms with Gasteiger partial charge in [-0.2, -0.15) is 0 Å². The summed E-state index contributed by atoms with van der Waals surface area (Å²) in [5.74, 6) is 0.305. The minimum atomic E-state index is -0.135. The van der Waals surface area contributed by atoms with Gasteiger partial charge in [0, 0.05) is 39.3 Å². The van der Waals surface area contributed by atoms with Crippen LogP contribution in [-0.4, -0.2) is 23.4 Å². The molecular weight excluding hydrogens is 765 g/mol. The fraction of sp³-hybridized carbons (Fsp3) is 0.136. The Morgan fingerprint density at radius 1 is 0.651 bits per heavy atom. The highest BCUT2D eigenvalue weighted by atomic mass is 15.2. The zero-order valence-corrected chi connectivity index (χ0v) is 35.6. The average molecular weight is 815 g/mol. The Bertz CT molecular complexity index is 3110. The van der Waals surface area contributed by atoms with Crippen LogP contribution in [0.25, 0.3) is 49.7 Å². The van der Waals surface area contributed by atoms with Crippen molar-refractivity contribution in [2.45, 2.75) is 43.8 Å². The fourth-order valence-corrected chi connectivity index (χ4v) is 10.1. The molecule has 1 aromatic heterocycles. The maximum atomic E-state index is 5.38. The SMILES string of the molecule is CNC(/N=C(\CCc1ccccc1)C1=CC=CCC1)c1ccc(-c2ccc3c(c2)c2ccccc2n3-c2cccc(-c3cccc4c3N(c3ccccc3)C3C=CC=CC43)c2)cc1. The third kappa shape index (κ3) is 7.26. The Hall–Kier alpha value is -7.27. The number of fused-ring (bicyclic) bond motifs is 6. The number of para-hydroxylation sites is 3. The van der Waals surface area contributed by atoms with Gasteiger partial charge in [-0.05, 0) is 114 Å². The zero-order chi connectivity index (χ0) is 42.1. The maximum Gasteiger partial charge on any atom is 0.125 e. The van der Waals surface area contributed by atoms with Crippen LogP contribution in [0.1, 0.15) is 48.0 Å². The number of nitrogens with one attached hydrogen (secondary N) is 1.